The summed E-state index contributed by atoms with van der Waals surface area (Å²) in [6, 6.07) is 7.68. The third-order valence-electron chi connectivity index (χ3n) is 3.70. The second-order valence-corrected chi connectivity index (χ2v) is 5.42. The first-order valence-electron chi connectivity index (χ1n) is 7.34. The Bertz CT molecular complexity index is 1010. The third-order valence-corrected chi connectivity index (χ3v) is 3.70. The molecule has 0 aromatic carbocycles. The minimum atomic E-state index is 0.694. The molecule has 0 aliphatic rings. The van der Waals surface area contributed by atoms with Gasteiger partial charge in [0.05, 0.1) is 16.8 Å². The Hall–Kier alpha value is -3.02. The van der Waals surface area contributed by atoms with Gasteiger partial charge in [-0.25, -0.2) is 9.67 Å². The lowest BCUT2D eigenvalue weighted by atomic mass is 10.2. The molecule has 4 heterocycles. The second-order valence-electron chi connectivity index (χ2n) is 5.42. The van der Waals surface area contributed by atoms with Crippen molar-refractivity contribution in [2.75, 3.05) is 0 Å². The van der Waals surface area contributed by atoms with E-state index in [0.29, 0.717) is 5.82 Å². The van der Waals surface area contributed by atoms with Crippen LogP contribution in [0.3, 0.4) is 0 Å². The number of fused-ring (bicyclic) bond motifs is 1. The Morgan fingerprint density at radius 1 is 1.04 bits per heavy atom. The molecule has 0 N–H and O–H groups in total. The van der Waals surface area contributed by atoms with Gasteiger partial charge in [0, 0.05) is 12.4 Å². The molecule has 4 aromatic heterocycles. The van der Waals surface area contributed by atoms with E-state index >= 15 is 0 Å². The number of rotatable bonds is 2. The fourth-order valence-electron chi connectivity index (χ4n) is 2.75. The Morgan fingerprint density at radius 3 is 2.70 bits per heavy atom. The van der Waals surface area contributed by atoms with Gasteiger partial charge in [-0.05, 0) is 45.0 Å². The van der Waals surface area contributed by atoms with Crippen LogP contribution in [0, 0.1) is 20.8 Å². The molecule has 0 bridgehead atoms. The molecule has 0 aliphatic heterocycles. The second kappa shape index (κ2) is 5.01. The van der Waals surface area contributed by atoms with E-state index in [1.165, 1.54) is 0 Å². The van der Waals surface area contributed by atoms with Crippen LogP contribution in [0.15, 0.2) is 41.1 Å². The number of pyridine rings is 2. The van der Waals surface area contributed by atoms with Crippen molar-refractivity contribution >= 4 is 11.0 Å². The molecule has 0 spiro atoms. The molecule has 6 nitrogen and oxygen atoms in total. The minimum absolute atomic E-state index is 0.694. The molecule has 0 fully saturated rings. The summed E-state index contributed by atoms with van der Waals surface area (Å²) in [7, 11) is 0. The van der Waals surface area contributed by atoms with E-state index < -0.39 is 0 Å². The fraction of sp³-hybridized carbons (Fsp3) is 0.176. The van der Waals surface area contributed by atoms with Gasteiger partial charge in [-0.1, -0.05) is 0 Å². The lowest BCUT2D eigenvalue weighted by Crippen LogP contribution is -2.02. The molecular weight excluding hydrogens is 290 g/mol. The summed E-state index contributed by atoms with van der Waals surface area (Å²) < 4.78 is 7.46. The first-order valence-corrected chi connectivity index (χ1v) is 7.34. The maximum atomic E-state index is 5.65. The van der Waals surface area contributed by atoms with Crippen molar-refractivity contribution in [2.45, 2.75) is 20.8 Å². The molecule has 0 atom stereocenters. The first kappa shape index (κ1) is 13.6. The van der Waals surface area contributed by atoms with Crippen LogP contribution in [0.5, 0.6) is 0 Å². The van der Waals surface area contributed by atoms with Gasteiger partial charge < -0.3 is 4.42 Å². The summed E-state index contributed by atoms with van der Waals surface area (Å²) in [5, 5.41) is 4.55. The molecule has 4 aromatic rings. The smallest absolute Gasteiger partial charge is 0.167 e. The Kier molecular flexibility index (Phi) is 2.97. The summed E-state index contributed by atoms with van der Waals surface area (Å²) in [5.74, 6) is 3.11. The van der Waals surface area contributed by atoms with Crippen LogP contribution in [-0.2, 0) is 0 Å². The number of aromatic nitrogens is 5. The number of hydrogen-bond acceptors (Lipinski definition) is 5. The highest BCUT2D eigenvalue weighted by molar-refractivity contribution is 5.83. The van der Waals surface area contributed by atoms with Gasteiger partial charge in [0.2, 0.25) is 0 Å². The van der Waals surface area contributed by atoms with E-state index in [4.69, 9.17) is 4.42 Å². The van der Waals surface area contributed by atoms with E-state index in [1.807, 2.05) is 49.7 Å². The van der Waals surface area contributed by atoms with Crippen molar-refractivity contribution in [1.82, 2.24) is 24.7 Å². The summed E-state index contributed by atoms with van der Waals surface area (Å²) in [6.07, 6.45) is 3.51. The molecular formula is C17H15N5O. The topological polar surface area (TPSA) is 69.6 Å². The normalized spacial score (nSPS) is 11.3. The van der Waals surface area contributed by atoms with Gasteiger partial charge >= 0.3 is 0 Å². The van der Waals surface area contributed by atoms with Crippen LogP contribution in [-0.4, -0.2) is 24.7 Å². The van der Waals surface area contributed by atoms with Crippen LogP contribution in [0.4, 0.5) is 0 Å². The monoisotopic (exact) mass is 305 g/mol. The molecule has 0 saturated heterocycles. The van der Waals surface area contributed by atoms with Gasteiger partial charge in [-0.3, -0.25) is 9.97 Å². The van der Waals surface area contributed by atoms with Crippen molar-refractivity contribution in [3.05, 3.63) is 54.0 Å². The minimum Gasteiger partial charge on any atom is -0.466 e. The predicted molar refractivity (Wildman–Crippen MR) is 86.4 cm³/mol. The van der Waals surface area contributed by atoms with Crippen LogP contribution >= 0.6 is 0 Å². The summed E-state index contributed by atoms with van der Waals surface area (Å²) >= 11 is 0. The number of nitrogens with zero attached hydrogens (tertiary/aromatic N) is 5. The quantitative estimate of drug-likeness (QED) is 0.567. The van der Waals surface area contributed by atoms with Crippen molar-refractivity contribution < 1.29 is 4.42 Å². The van der Waals surface area contributed by atoms with Crippen molar-refractivity contribution in [3.8, 4) is 17.1 Å². The van der Waals surface area contributed by atoms with Crippen LogP contribution < -0.4 is 0 Å². The molecule has 4 rings (SSSR count). The molecule has 0 aliphatic carbocycles. The summed E-state index contributed by atoms with van der Waals surface area (Å²) in [4.78, 5) is 13.4. The van der Waals surface area contributed by atoms with E-state index in [-0.39, 0.29) is 0 Å². The van der Waals surface area contributed by atoms with Crippen LogP contribution in [0.1, 0.15) is 17.3 Å². The number of hydrogen-bond donors (Lipinski definition) is 0. The molecule has 0 saturated carbocycles. The highest BCUT2D eigenvalue weighted by Crippen LogP contribution is 2.28. The fourth-order valence-corrected chi connectivity index (χ4v) is 2.75. The van der Waals surface area contributed by atoms with Crippen molar-refractivity contribution in [1.29, 1.82) is 0 Å². The van der Waals surface area contributed by atoms with Crippen LogP contribution in [0.2, 0.25) is 0 Å². The maximum Gasteiger partial charge on any atom is 0.167 e. The van der Waals surface area contributed by atoms with Gasteiger partial charge in [0.25, 0.3) is 0 Å². The first-order chi connectivity index (χ1) is 11.1. The van der Waals surface area contributed by atoms with Crippen molar-refractivity contribution in [2.24, 2.45) is 0 Å². The zero-order chi connectivity index (χ0) is 16.0. The molecule has 23 heavy (non-hydrogen) atoms. The molecule has 0 amide bonds. The van der Waals surface area contributed by atoms with Crippen molar-refractivity contribution in [3.63, 3.8) is 0 Å². The molecule has 0 unspecified atom stereocenters. The van der Waals surface area contributed by atoms with Gasteiger partial charge in [-0.15, -0.1) is 0 Å². The largest absolute Gasteiger partial charge is 0.466 e. The SMILES string of the molecule is Cc1nc(-c2cc(C)oc2C)n(-c2ccnc3cccnc23)n1. The van der Waals surface area contributed by atoms with Gasteiger partial charge in [0.1, 0.15) is 22.9 Å². The van der Waals surface area contributed by atoms with Gasteiger partial charge in [0.15, 0.2) is 5.82 Å². The van der Waals surface area contributed by atoms with Crippen LogP contribution in [0.25, 0.3) is 28.1 Å². The average Bonchev–Trinajstić information content (AvgIpc) is 3.08. The van der Waals surface area contributed by atoms with E-state index in [0.717, 1.165) is 39.6 Å². The lowest BCUT2D eigenvalue weighted by molar-refractivity contribution is 0.505. The number of furan rings is 1. The van der Waals surface area contributed by atoms with E-state index in [2.05, 4.69) is 20.1 Å². The zero-order valence-electron chi connectivity index (χ0n) is 13.1. The number of aryl methyl sites for hydroxylation is 3. The van der Waals surface area contributed by atoms with Gasteiger partial charge in [-0.2, -0.15) is 5.10 Å². The third kappa shape index (κ3) is 2.19. The Balaban J connectivity index is 2.01. The highest BCUT2D eigenvalue weighted by Gasteiger charge is 2.18. The molecule has 0 radical (unpaired) electrons. The molecule has 6 heteroatoms. The molecule has 114 valence electrons. The van der Waals surface area contributed by atoms with E-state index in [9.17, 15) is 0 Å². The summed E-state index contributed by atoms with van der Waals surface area (Å²) in [5.41, 5.74) is 3.40. The standard InChI is InChI=1S/C17H15N5O/c1-10-9-13(11(2)23-10)17-20-12(3)21-22(17)15-6-8-18-14-5-4-7-19-16(14)15/h4-9H,1-3H3. The van der Waals surface area contributed by atoms with E-state index in [1.54, 1.807) is 12.4 Å². The maximum absolute atomic E-state index is 5.65. The Labute approximate surface area is 132 Å². The zero-order valence-corrected chi connectivity index (χ0v) is 13.1. The Morgan fingerprint density at radius 2 is 1.91 bits per heavy atom. The highest BCUT2D eigenvalue weighted by atomic mass is 16.3. The lowest BCUT2D eigenvalue weighted by Gasteiger charge is -2.07. The predicted octanol–water partition coefficient (Wildman–Crippen LogP) is 3.40. The summed E-state index contributed by atoms with van der Waals surface area (Å²) in [6.45, 7) is 5.73. The average molecular weight is 305 g/mol.